The van der Waals surface area contributed by atoms with Crippen LogP contribution in [0.15, 0.2) is 47.9 Å². The molecule has 3 nitrogen and oxygen atoms in total. The highest BCUT2D eigenvalue weighted by Gasteiger charge is 2.34. The van der Waals surface area contributed by atoms with Gasteiger partial charge in [0.2, 0.25) is 5.91 Å². The molecule has 21 heavy (non-hydrogen) atoms. The van der Waals surface area contributed by atoms with E-state index in [1.54, 1.807) is 17.4 Å². The van der Waals surface area contributed by atoms with Gasteiger partial charge in [0, 0.05) is 30.3 Å². The maximum absolute atomic E-state index is 11.8. The summed E-state index contributed by atoms with van der Waals surface area (Å²) in [7, 11) is 0. The molecular weight excluding hydrogens is 282 g/mol. The van der Waals surface area contributed by atoms with E-state index in [-0.39, 0.29) is 12.5 Å². The van der Waals surface area contributed by atoms with Gasteiger partial charge in [0.05, 0.1) is 5.60 Å². The molecule has 4 heteroatoms. The van der Waals surface area contributed by atoms with Gasteiger partial charge in [0.25, 0.3) is 0 Å². The first kappa shape index (κ1) is 14.0. The number of amides is 1. The van der Waals surface area contributed by atoms with Crippen LogP contribution in [0.2, 0.25) is 0 Å². The minimum atomic E-state index is -0.865. The van der Waals surface area contributed by atoms with Crippen LogP contribution in [0.5, 0.6) is 0 Å². The number of aliphatic hydroxyl groups is 1. The van der Waals surface area contributed by atoms with E-state index in [1.165, 1.54) is 17.2 Å². The molecule has 0 aliphatic heterocycles. The summed E-state index contributed by atoms with van der Waals surface area (Å²) >= 11 is 1.58. The van der Waals surface area contributed by atoms with Crippen molar-refractivity contribution in [1.82, 2.24) is 5.32 Å². The lowest BCUT2D eigenvalue weighted by Crippen LogP contribution is -2.43. The Morgan fingerprint density at radius 3 is 2.57 bits per heavy atom. The summed E-state index contributed by atoms with van der Waals surface area (Å²) in [6, 6.07) is 11.9. The monoisotopic (exact) mass is 299 g/mol. The Morgan fingerprint density at radius 2 is 1.95 bits per heavy atom. The lowest BCUT2D eigenvalue weighted by Gasteiger charge is -2.22. The fourth-order valence-electron chi connectivity index (χ4n) is 2.65. The van der Waals surface area contributed by atoms with Crippen LogP contribution in [0, 0.1) is 0 Å². The molecule has 2 aromatic rings. The molecule has 3 rings (SSSR count). The molecule has 0 unspecified atom stereocenters. The van der Waals surface area contributed by atoms with E-state index >= 15 is 0 Å². The van der Waals surface area contributed by atoms with Crippen LogP contribution < -0.4 is 5.32 Å². The van der Waals surface area contributed by atoms with Crippen molar-refractivity contribution in [2.75, 3.05) is 6.54 Å². The lowest BCUT2D eigenvalue weighted by atomic mass is 10.0. The molecule has 1 amide bonds. The zero-order chi connectivity index (χ0) is 14.7. The van der Waals surface area contributed by atoms with Crippen LogP contribution in [0.25, 0.3) is 6.08 Å². The van der Waals surface area contributed by atoms with Crippen LogP contribution >= 0.6 is 11.3 Å². The SMILES string of the molecule is O=C(/C=C/c1cccs1)NCC1(O)Cc2ccccc2C1. The number of hydrogen-bond acceptors (Lipinski definition) is 3. The molecule has 2 N–H and O–H groups in total. The predicted octanol–water partition coefficient (Wildman–Crippen LogP) is 2.41. The molecule has 0 bridgehead atoms. The molecule has 1 aliphatic rings. The van der Waals surface area contributed by atoms with Crippen LogP contribution in [0.3, 0.4) is 0 Å². The van der Waals surface area contributed by atoms with Crippen molar-refractivity contribution < 1.29 is 9.90 Å². The molecule has 0 saturated carbocycles. The van der Waals surface area contributed by atoms with Crippen LogP contribution in [0.4, 0.5) is 0 Å². The predicted molar refractivity (Wildman–Crippen MR) is 85.2 cm³/mol. The van der Waals surface area contributed by atoms with Gasteiger partial charge in [-0.3, -0.25) is 4.79 Å². The van der Waals surface area contributed by atoms with Crippen LogP contribution in [0.1, 0.15) is 16.0 Å². The minimum absolute atomic E-state index is 0.173. The third kappa shape index (κ3) is 3.40. The molecule has 0 saturated heterocycles. The minimum Gasteiger partial charge on any atom is -0.387 e. The molecule has 1 aromatic heterocycles. The van der Waals surface area contributed by atoms with E-state index < -0.39 is 5.60 Å². The zero-order valence-corrected chi connectivity index (χ0v) is 12.4. The molecule has 0 spiro atoms. The highest BCUT2D eigenvalue weighted by molar-refractivity contribution is 7.10. The van der Waals surface area contributed by atoms with Gasteiger partial charge in [-0.1, -0.05) is 30.3 Å². The van der Waals surface area contributed by atoms with E-state index in [4.69, 9.17) is 0 Å². The molecular formula is C17H17NO2S. The first-order chi connectivity index (χ1) is 10.1. The van der Waals surface area contributed by atoms with Gasteiger partial charge in [-0.15, -0.1) is 11.3 Å². The summed E-state index contributed by atoms with van der Waals surface area (Å²) in [5, 5.41) is 15.3. The number of thiophene rings is 1. The third-order valence-electron chi connectivity index (χ3n) is 3.69. The first-order valence-electron chi connectivity index (χ1n) is 6.93. The quantitative estimate of drug-likeness (QED) is 0.852. The van der Waals surface area contributed by atoms with Crippen molar-refractivity contribution in [1.29, 1.82) is 0 Å². The van der Waals surface area contributed by atoms with Gasteiger partial charge >= 0.3 is 0 Å². The molecule has 1 aliphatic carbocycles. The lowest BCUT2D eigenvalue weighted by molar-refractivity contribution is -0.117. The van der Waals surface area contributed by atoms with Gasteiger partial charge in [0.15, 0.2) is 0 Å². The Hall–Kier alpha value is -1.91. The molecule has 0 fully saturated rings. The molecule has 0 atom stereocenters. The van der Waals surface area contributed by atoms with Gasteiger partial charge < -0.3 is 10.4 Å². The average Bonchev–Trinajstić information content (AvgIpc) is 3.09. The van der Waals surface area contributed by atoms with Crippen molar-refractivity contribution in [3.63, 3.8) is 0 Å². The van der Waals surface area contributed by atoms with Crippen molar-refractivity contribution in [2.45, 2.75) is 18.4 Å². The Bertz CT molecular complexity index is 636. The summed E-state index contributed by atoms with van der Waals surface area (Å²) in [4.78, 5) is 12.8. The Labute approximate surface area is 127 Å². The topological polar surface area (TPSA) is 49.3 Å². The van der Waals surface area contributed by atoms with Crippen LogP contribution in [-0.4, -0.2) is 23.2 Å². The number of nitrogens with one attached hydrogen (secondary N) is 1. The zero-order valence-electron chi connectivity index (χ0n) is 11.6. The third-order valence-corrected chi connectivity index (χ3v) is 4.53. The van der Waals surface area contributed by atoms with Crippen molar-refractivity contribution in [3.8, 4) is 0 Å². The Morgan fingerprint density at radius 1 is 1.24 bits per heavy atom. The summed E-state index contributed by atoms with van der Waals surface area (Å²) in [6.45, 7) is 0.273. The van der Waals surface area contributed by atoms with E-state index in [2.05, 4.69) is 5.32 Å². The first-order valence-corrected chi connectivity index (χ1v) is 7.81. The average molecular weight is 299 g/mol. The van der Waals surface area contributed by atoms with E-state index in [0.717, 1.165) is 4.88 Å². The number of carbonyl (C=O) groups is 1. The summed E-state index contributed by atoms with van der Waals surface area (Å²) in [5.74, 6) is -0.173. The normalized spacial score (nSPS) is 16.0. The van der Waals surface area contributed by atoms with Gasteiger partial charge in [-0.05, 0) is 28.6 Å². The summed E-state index contributed by atoms with van der Waals surface area (Å²) in [6.07, 6.45) is 4.49. The summed E-state index contributed by atoms with van der Waals surface area (Å²) < 4.78 is 0. The molecule has 108 valence electrons. The number of hydrogen-bond donors (Lipinski definition) is 2. The van der Waals surface area contributed by atoms with Gasteiger partial charge in [0.1, 0.15) is 0 Å². The number of rotatable bonds is 4. The number of fused-ring (bicyclic) bond motifs is 1. The second kappa shape index (κ2) is 5.84. The largest absolute Gasteiger partial charge is 0.387 e. The molecule has 0 radical (unpaired) electrons. The maximum atomic E-state index is 11.8. The fraction of sp³-hybridized carbons (Fsp3) is 0.235. The van der Waals surface area contributed by atoms with E-state index in [0.29, 0.717) is 12.8 Å². The van der Waals surface area contributed by atoms with Crippen molar-refractivity contribution in [2.24, 2.45) is 0 Å². The highest BCUT2D eigenvalue weighted by Crippen LogP contribution is 2.29. The van der Waals surface area contributed by atoms with Crippen molar-refractivity contribution in [3.05, 3.63) is 63.9 Å². The standard InChI is InChI=1S/C17H17NO2S/c19-16(8-7-15-6-3-9-21-15)18-12-17(20)10-13-4-1-2-5-14(13)11-17/h1-9,20H,10-12H2,(H,18,19)/b8-7+. The second-order valence-electron chi connectivity index (χ2n) is 5.41. The molecule has 1 heterocycles. The maximum Gasteiger partial charge on any atom is 0.244 e. The Balaban J connectivity index is 1.55. The fourth-order valence-corrected chi connectivity index (χ4v) is 3.27. The van der Waals surface area contributed by atoms with E-state index in [1.807, 2.05) is 41.8 Å². The van der Waals surface area contributed by atoms with Gasteiger partial charge in [-0.25, -0.2) is 0 Å². The Kier molecular flexibility index (Phi) is 3.90. The smallest absolute Gasteiger partial charge is 0.244 e. The highest BCUT2D eigenvalue weighted by atomic mass is 32.1. The van der Waals surface area contributed by atoms with Gasteiger partial charge in [-0.2, -0.15) is 0 Å². The second-order valence-corrected chi connectivity index (χ2v) is 6.39. The number of carbonyl (C=O) groups excluding carboxylic acids is 1. The number of benzene rings is 1. The van der Waals surface area contributed by atoms with Crippen molar-refractivity contribution >= 4 is 23.3 Å². The summed E-state index contributed by atoms with van der Waals surface area (Å²) in [5.41, 5.74) is 1.47. The van der Waals surface area contributed by atoms with Crippen LogP contribution in [-0.2, 0) is 17.6 Å². The molecule has 1 aromatic carbocycles. The van der Waals surface area contributed by atoms with E-state index in [9.17, 15) is 9.90 Å².